The zero-order valence-corrected chi connectivity index (χ0v) is 17.8. The monoisotopic (exact) mass is 446 g/mol. The molecule has 2 aromatic rings. The summed E-state index contributed by atoms with van der Waals surface area (Å²) in [6.45, 7) is 3.30. The molecule has 0 radical (unpaired) electrons. The molecule has 10 nitrogen and oxygen atoms in total. The van der Waals surface area contributed by atoms with Gasteiger partial charge in [0.2, 0.25) is 15.8 Å². The number of hydrogen-bond acceptors (Lipinski definition) is 8. The van der Waals surface area contributed by atoms with Crippen LogP contribution in [0.4, 0.5) is 5.69 Å². The normalized spacial score (nSPS) is 12.6. The van der Waals surface area contributed by atoms with E-state index in [4.69, 9.17) is 0 Å². The van der Waals surface area contributed by atoms with E-state index in [-0.39, 0.29) is 12.2 Å². The molecule has 0 saturated heterocycles. The van der Waals surface area contributed by atoms with Crippen LogP contribution >= 0.6 is 0 Å². The number of carbonyl (C=O) groups is 1. The second kappa shape index (κ2) is 10.5. The number of sulfonamides is 1. The van der Waals surface area contributed by atoms with E-state index in [1.54, 1.807) is 30.3 Å². The summed E-state index contributed by atoms with van der Waals surface area (Å²) < 4.78 is 29.9. The second-order valence-electron chi connectivity index (χ2n) is 6.53. The molecule has 2 aromatic carbocycles. The van der Waals surface area contributed by atoms with Crippen molar-refractivity contribution in [1.29, 1.82) is 0 Å². The van der Waals surface area contributed by atoms with E-state index in [2.05, 4.69) is 26.5 Å². The first-order valence-electron chi connectivity index (χ1n) is 8.95. The fourth-order valence-corrected chi connectivity index (χ4v) is 3.48. The van der Waals surface area contributed by atoms with Crippen molar-refractivity contribution in [2.75, 3.05) is 18.7 Å². The number of benzene rings is 2. The van der Waals surface area contributed by atoms with Crippen LogP contribution in [0.2, 0.25) is 0 Å². The third-order valence-corrected chi connectivity index (χ3v) is 4.81. The van der Waals surface area contributed by atoms with Crippen molar-refractivity contribution in [2.45, 2.75) is 12.5 Å². The molecule has 0 fully saturated rings. The number of anilines is 1. The first kappa shape index (κ1) is 23.7. The molecule has 0 heterocycles. The number of nitro groups is 1. The van der Waals surface area contributed by atoms with Crippen LogP contribution < -0.4 is 10.0 Å². The third-order valence-electron chi connectivity index (χ3n) is 4.10. The van der Waals surface area contributed by atoms with Crippen LogP contribution in [0.5, 0.6) is 0 Å². The molecule has 0 aliphatic rings. The standard InChI is InChI=1S/C20H22N4O6S/c1-21-19(13-24(26)27)22-17-6-4-5-16(12-17)15-9-7-14(8-10-15)11-18(20(25)30-2)23-31(3,28)29/h4-10,12-13,18,22-23H,1,11H2,2-3H3/b19-13+. The number of rotatable bonds is 10. The average Bonchev–Trinajstić information content (AvgIpc) is 2.71. The van der Waals surface area contributed by atoms with Crippen LogP contribution in [0.15, 0.2) is 65.5 Å². The molecule has 11 heteroatoms. The van der Waals surface area contributed by atoms with Crippen molar-refractivity contribution >= 4 is 28.4 Å². The minimum Gasteiger partial charge on any atom is -0.468 e. The lowest BCUT2D eigenvalue weighted by Crippen LogP contribution is -2.42. The maximum Gasteiger partial charge on any atom is 0.324 e. The number of esters is 1. The van der Waals surface area contributed by atoms with Crippen molar-refractivity contribution in [3.8, 4) is 11.1 Å². The number of nitrogens with one attached hydrogen (secondary N) is 2. The summed E-state index contributed by atoms with van der Waals surface area (Å²) >= 11 is 0. The molecule has 0 saturated carbocycles. The first-order chi connectivity index (χ1) is 14.6. The molecule has 0 aromatic heterocycles. The quantitative estimate of drug-likeness (QED) is 0.247. The van der Waals surface area contributed by atoms with Crippen molar-refractivity contribution in [2.24, 2.45) is 4.99 Å². The Balaban J connectivity index is 2.20. The van der Waals surface area contributed by atoms with Crippen molar-refractivity contribution < 1.29 is 22.9 Å². The highest BCUT2D eigenvalue weighted by Crippen LogP contribution is 2.24. The number of carbonyl (C=O) groups excluding carboxylic acids is 1. The Morgan fingerprint density at radius 1 is 1.26 bits per heavy atom. The van der Waals surface area contributed by atoms with E-state index >= 15 is 0 Å². The second-order valence-corrected chi connectivity index (χ2v) is 8.31. The smallest absolute Gasteiger partial charge is 0.324 e. The molecule has 0 spiro atoms. The largest absolute Gasteiger partial charge is 0.468 e. The minimum atomic E-state index is -3.59. The van der Waals surface area contributed by atoms with Gasteiger partial charge in [-0.25, -0.2) is 18.1 Å². The Labute approximate surface area is 179 Å². The van der Waals surface area contributed by atoms with Gasteiger partial charge in [-0.1, -0.05) is 36.4 Å². The fraction of sp³-hybridized carbons (Fsp3) is 0.200. The van der Waals surface area contributed by atoms with E-state index in [1.165, 1.54) is 7.11 Å². The Hall–Kier alpha value is -3.57. The molecule has 31 heavy (non-hydrogen) atoms. The zero-order valence-electron chi connectivity index (χ0n) is 16.9. The Morgan fingerprint density at radius 2 is 1.94 bits per heavy atom. The Morgan fingerprint density at radius 3 is 2.48 bits per heavy atom. The molecule has 1 unspecified atom stereocenters. The predicted octanol–water partition coefficient (Wildman–Crippen LogP) is 2.17. The van der Waals surface area contributed by atoms with Gasteiger partial charge < -0.3 is 10.1 Å². The Kier molecular flexibility index (Phi) is 8.00. The molecule has 2 N–H and O–H groups in total. The van der Waals surface area contributed by atoms with Crippen LogP contribution in [0, 0.1) is 10.1 Å². The topological polar surface area (TPSA) is 140 Å². The van der Waals surface area contributed by atoms with Crippen molar-refractivity contribution in [1.82, 2.24) is 4.72 Å². The van der Waals surface area contributed by atoms with Gasteiger partial charge in [0.25, 0.3) is 6.20 Å². The number of aliphatic imine (C=N–C) groups is 1. The van der Waals surface area contributed by atoms with E-state index in [0.29, 0.717) is 5.69 Å². The van der Waals surface area contributed by atoms with Gasteiger partial charge in [-0.15, -0.1) is 0 Å². The maximum absolute atomic E-state index is 11.9. The van der Waals surface area contributed by atoms with E-state index < -0.39 is 27.0 Å². The predicted molar refractivity (Wildman–Crippen MR) is 118 cm³/mol. The molecule has 2 rings (SSSR count). The molecule has 0 aliphatic heterocycles. The fourth-order valence-electron chi connectivity index (χ4n) is 2.78. The Bertz CT molecular complexity index is 1100. The van der Waals surface area contributed by atoms with Crippen LogP contribution in [0.3, 0.4) is 0 Å². The summed E-state index contributed by atoms with van der Waals surface area (Å²) in [5, 5.41) is 13.5. The van der Waals surface area contributed by atoms with E-state index in [0.717, 1.165) is 29.1 Å². The molecule has 0 aliphatic carbocycles. The lowest BCUT2D eigenvalue weighted by atomic mass is 10.0. The number of hydrogen-bond donors (Lipinski definition) is 2. The molecule has 0 bridgehead atoms. The van der Waals surface area contributed by atoms with Crippen LogP contribution in [-0.2, 0) is 26.0 Å². The van der Waals surface area contributed by atoms with Gasteiger partial charge in [-0.3, -0.25) is 14.9 Å². The number of ether oxygens (including phenoxy) is 1. The number of methoxy groups -OCH3 is 1. The lowest BCUT2D eigenvalue weighted by Gasteiger charge is -2.15. The highest BCUT2D eigenvalue weighted by molar-refractivity contribution is 7.88. The summed E-state index contributed by atoms with van der Waals surface area (Å²) in [6, 6.07) is 13.3. The zero-order chi connectivity index (χ0) is 23.0. The molecule has 1 atom stereocenters. The van der Waals surface area contributed by atoms with Gasteiger partial charge in [0.05, 0.1) is 18.3 Å². The molecule has 164 valence electrons. The maximum atomic E-state index is 11.9. The summed E-state index contributed by atoms with van der Waals surface area (Å²) in [6.07, 6.45) is 1.82. The van der Waals surface area contributed by atoms with E-state index in [9.17, 15) is 23.3 Å². The third kappa shape index (κ3) is 7.64. The summed E-state index contributed by atoms with van der Waals surface area (Å²) in [5.41, 5.74) is 3.01. The van der Waals surface area contributed by atoms with Crippen molar-refractivity contribution in [3.63, 3.8) is 0 Å². The molecular formula is C20H22N4O6S. The van der Waals surface area contributed by atoms with E-state index in [1.807, 2.05) is 18.2 Å². The van der Waals surface area contributed by atoms with Gasteiger partial charge >= 0.3 is 5.97 Å². The molecular weight excluding hydrogens is 424 g/mol. The summed E-state index contributed by atoms with van der Waals surface area (Å²) in [4.78, 5) is 25.5. The highest BCUT2D eigenvalue weighted by atomic mass is 32.2. The first-order valence-corrected chi connectivity index (χ1v) is 10.8. The van der Waals surface area contributed by atoms with Crippen molar-refractivity contribution in [3.05, 3.63) is 76.2 Å². The highest BCUT2D eigenvalue weighted by Gasteiger charge is 2.23. The number of nitrogens with zero attached hydrogens (tertiary/aromatic N) is 2. The van der Waals surface area contributed by atoms with Gasteiger partial charge in [-0.05, 0) is 42.0 Å². The lowest BCUT2D eigenvalue weighted by molar-refractivity contribution is -0.403. The SMILES string of the molecule is C=N/C(=C\[N+](=O)[O-])Nc1cccc(-c2ccc(CC(NS(C)(=O)=O)C(=O)OC)cc2)c1. The molecule has 0 amide bonds. The van der Waals surface area contributed by atoms with Gasteiger partial charge in [-0.2, -0.15) is 0 Å². The average molecular weight is 446 g/mol. The van der Waals surface area contributed by atoms with Crippen LogP contribution in [0.1, 0.15) is 5.56 Å². The summed E-state index contributed by atoms with van der Waals surface area (Å²) in [5.74, 6) is -0.674. The van der Waals surface area contributed by atoms with Crippen LogP contribution in [0.25, 0.3) is 11.1 Å². The van der Waals surface area contributed by atoms with Crippen LogP contribution in [-0.4, -0.2) is 45.4 Å². The minimum absolute atomic E-state index is 0.00438. The van der Waals surface area contributed by atoms with Gasteiger partial charge in [0.1, 0.15) is 6.04 Å². The van der Waals surface area contributed by atoms with Gasteiger partial charge in [0.15, 0.2) is 0 Å². The summed E-state index contributed by atoms with van der Waals surface area (Å²) in [7, 11) is -2.40. The van der Waals surface area contributed by atoms with Gasteiger partial charge in [0, 0.05) is 5.69 Å².